The summed E-state index contributed by atoms with van der Waals surface area (Å²) in [5.74, 6) is 0.654. The van der Waals surface area contributed by atoms with Gasteiger partial charge in [0.15, 0.2) is 0 Å². The van der Waals surface area contributed by atoms with Gasteiger partial charge in [0.25, 0.3) is 5.56 Å². The molecule has 29 heavy (non-hydrogen) atoms. The lowest BCUT2D eigenvalue weighted by atomic mass is 10.2. The molecule has 2 aromatic carbocycles. The molecule has 0 saturated carbocycles. The van der Waals surface area contributed by atoms with Crippen LogP contribution in [0.4, 0.5) is 5.82 Å². The van der Waals surface area contributed by atoms with Gasteiger partial charge in [0.05, 0.1) is 10.6 Å². The number of aryl methyl sites for hydroxylation is 1. The topological polar surface area (TPSA) is 75.5 Å². The Morgan fingerprint density at radius 3 is 2.14 bits per heavy atom. The number of nitrogens with zero attached hydrogens (tertiary/aromatic N) is 4. The van der Waals surface area contributed by atoms with E-state index in [0.717, 1.165) is 5.56 Å². The number of rotatable bonds is 4. The Morgan fingerprint density at radius 1 is 0.828 bits per heavy atom. The van der Waals surface area contributed by atoms with Gasteiger partial charge in [0.1, 0.15) is 5.82 Å². The van der Waals surface area contributed by atoms with Crippen LogP contribution in [0, 0.1) is 6.92 Å². The first kappa shape index (κ1) is 19.4. The molecule has 0 bridgehead atoms. The van der Waals surface area contributed by atoms with Gasteiger partial charge in [-0.1, -0.05) is 35.9 Å². The zero-order valence-electron chi connectivity index (χ0n) is 16.1. The largest absolute Gasteiger partial charge is 0.353 e. The average Bonchev–Trinajstić information content (AvgIpc) is 2.75. The lowest BCUT2D eigenvalue weighted by molar-refractivity contribution is 0.383. The van der Waals surface area contributed by atoms with E-state index >= 15 is 0 Å². The van der Waals surface area contributed by atoms with Gasteiger partial charge in [0.2, 0.25) is 10.0 Å². The predicted molar refractivity (Wildman–Crippen MR) is 112 cm³/mol. The molecule has 0 N–H and O–H groups in total. The molecular formula is C21H22N4O3S. The highest BCUT2D eigenvalue weighted by Crippen LogP contribution is 2.20. The number of anilines is 1. The number of piperazine rings is 1. The molecule has 1 fully saturated rings. The second-order valence-corrected chi connectivity index (χ2v) is 8.92. The molecule has 0 unspecified atom stereocenters. The van der Waals surface area contributed by atoms with Crippen LogP contribution in [-0.2, 0) is 10.0 Å². The first-order valence-corrected chi connectivity index (χ1v) is 10.9. The molecule has 0 aliphatic carbocycles. The highest BCUT2D eigenvalue weighted by molar-refractivity contribution is 7.89. The fourth-order valence-electron chi connectivity index (χ4n) is 3.34. The van der Waals surface area contributed by atoms with Crippen molar-refractivity contribution < 1.29 is 8.42 Å². The Labute approximate surface area is 169 Å². The van der Waals surface area contributed by atoms with Crippen molar-refractivity contribution in [1.82, 2.24) is 14.1 Å². The number of para-hydroxylation sites is 1. The van der Waals surface area contributed by atoms with Crippen LogP contribution >= 0.6 is 0 Å². The molecule has 1 saturated heterocycles. The van der Waals surface area contributed by atoms with E-state index in [1.54, 1.807) is 30.3 Å². The standard InChI is InChI=1S/C21H22N4O3S/c1-17-7-9-19(10-8-17)29(27,28)24-15-13-23(14-16-24)20-11-12-21(26)25(22-20)18-5-3-2-4-6-18/h2-12H,13-16H2,1H3. The van der Waals surface area contributed by atoms with E-state index in [1.165, 1.54) is 15.1 Å². The summed E-state index contributed by atoms with van der Waals surface area (Å²) in [6.07, 6.45) is 0. The van der Waals surface area contributed by atoms with Crippen molar-refractivity contribution in [1.29, 1.82) is 0 Å². The summed E-state index contributed by atoms with van der Waals surface area (Å²) in [6.45, 7) is 3.66. The second-order valence-electron chi connectivity index (χ2n) is 6.98. The van der Waals surface area contributed by atoms with Gasteiger partial charge in [-0.2, -0.15) is 8.99 Å². The third-order valence-corrected chi connectivity index (χ3v) is 6.92. The highest BCUT2D eigenvalue weighted by Gasteiger charge is 2.29. The molecule has 0 amide bonds. The third-order valence-electron chi connectivity index (χ3n) is 5.01. The predicted octanol–water partition coefficient (Wildman–Crippen LogP) is 2.05. The number of benzene rings is 2. The maximum absolute atomic E-state index is 12.9. The van der Waals surface area contributed by atoms with Gasteiger partial charge in [-0.3, -0.25) is 4.79 Å². The second kappa shape index (κ2) is 7.81. The molecule has 8 heteroatoms. The lowest BCUT2D eigenvalue weighted by Gasteiger charge is -2.34. The first-order valence-electron chi connectivity index (χ1n) is 9.43. The van der Waals surface area contributed by atoms with E-state index in [9.17, 15) is 13.2 Å². The summed E-state index contributed by atoms with van der Waals surface area (Å²) in [7, 11) is -3.51. The summed E-state index contributed by atoms with van der Waals surface area (Å²) >= 11 is 0. The van der Waals surface area contributed by atoms with E-state index in [0.29, 0.717) is 42.6 Å². The molecule has 1 aromatic heterocycles. The van der Waals surface area contributed by atoms with E-state index in [4.69, 9.17) is 0 Å². The van der Waals surface area contributed by atoms with Crippen molar-refractivity contribution in [3.8, 4) is 5.69 Å². The van der Waals surface area contributed by atoms with Gasteiger partial charge in [-0.15, -0.1) is 5.10 Å². The number of hydrogen-bond donors (Lipinski definition) is 0. The SMILES string of the molecule is Cc1ccc(S(=O)(=O)N2CCN(c3ccc(=O)n(-c4ccccc4)n3)CC2)cc1. The van der Waals surface area contributed by atoms with Crippen LogP contribution in [0.3, 0.4) is 0 Å². The minimum Gasteiger partial charge on any atom is -0.353 e. The maximum Gasteiger partial charge on any atom is 0.271 e. The molecule has 150 valence electrons. The van der Waals surface area contributed by atoms with Crippen LogP contribution in [-0.4, -0.2) is 48.7 Å². The lowest BCUT2D eigenvalue weighted by Crippen LogP contribution is -2.49. The molecular weight excluding hydrogens is 388 g/mol. The normalized spacial score (nSPS) is 15.4. The van der Waals surface area contributed by atoms with Crippen LogP contribution in [0.1, 0.15) is 5.56 Å². The van der Waals surface area contributed by atoms with E-state index < -0.39 is 10.0 Å². The van der Waals surface area contributed by atoms with Crippen molar-refractivity contribution in [2.45, 2.75) is 11.8 Å². The first-order chi connectivity index (χ1) is 13.9. The van der Waals surface area contributed by atoms with E-state index in [1.807, 2.05) is 42.2 Å². The van der Waals surface area contributed by atoms with Gasteiger partial charge in [-0.25, -0.2) is 8.42 Å². The molecule has 1 aliphatic rings. The smallest absolute Gasteiger partial charge is 0.271 e. The fraction of sp³-hybridized carbons (Fsp3) is 0.238. The van der Waals surface area contributed by atoms with Crippen LogP contribution < -0.4 is 10.5 Å². The van der Waals surface area contributed by atoms with Crippen LogP contribution in [0.25, 0.3) is 5.69 Å². The number of hydrogen-bond acceptors (Lipinski definition) is 5. The Kier molecular flexibility index (Phi) is 5.21. The van der Waals surface area contributed by atoms with Gasteiger partial charge < -0.3 is 4.90 Å². The van der Waals surface area contributed by atoms with Crippen molar-refractivity contribution >= 4 is 15.8 Å². The Morgan fingerprint density at radius 2 is 1.48 bits per heavy atom. The Balaban J connectivity index is 1.52. The highest BCUT2D eigenvalue weighted by atomic mass is 32.2. The van der Waals surface area contributed by atoms with Crippen LogP contribution in [0.2, 0.25) is 0 Å². The number of sulfonamides is 1. The van der Waals surface area contributed by atoms with Crippen LogP contribution in [0.5, 0.6) is 0 Å². The van der Waals surface area contributed by atoms with E-state index in [-0.39, 0.29) is 5.56 Å². The summed E-state index contributed by atoms with van der Waals surface area (Å²) in [4.78, 5) is 14.5. The fourth-order valence-corrected chi connectivity index (χ4v) is 4.76. The maximum atomic E-state index is 12.9. The average molecular weight is 410 g/mol. The monoisotopic (exact) mass is 410 g/mol. The van der Waals surface area contributed by atoms with Crippen molar-refractivity contribution in [3.05, 3.63) is 82.6 Å². The van der Waals surface area contributed by atoms with E-state index in [2.05, 4.69) is 5.10 Å². The summed E-state index contributed by atoms with van der Waals surface area (Å²) < 4.78 is 28.6. The van der Waals surface area contributed by atoms with Crippen molar-refractivity contribution in [2.24, 2.45) is 0 Å². The summed E-state index contributed by atoms with van der Waals surface area (Å²) in [5.41, 5.74) is 1.51. The van der Waals surface area contributed by atoms with Crippen LogP contribution in [0.15, 0.2) is 76.4 Å². The Bertz CT molecular complexity index is 1150. The Hall–Kier alpha value is -2.97. The molecule has 7 nitrogen and oxygen atoms in total. The van der Waals surface area contributed by atoms with Gasteiger partial charge >= 0.3 is 0 Å². The number of aromatic nitrogens is 2. The molecule has 1 aliphatic heterocycles. The molecule has 0 radical (unpaired) electrons. The zero-order valence-corrected chi connectivity index (χ0v) is 16.9. The quantitative estimate of drug-likeness (QED) is 0.658. The molecule has 3 aromatic rings. The minimum absolute atomic E-state index is 0.208. The third kappa shape index (κ3) is 3.94. The van der Waals surface area contributed by atoms with Crippen molar-refractivity contribution in [3.63, 3.8) is 0 Å². The van der Waals surface area contributed by atoms with Crippen molar-refractivity contribution in [2.75, 3.05) is 31.1 Å². The summed E-state index contributed by atoms with van der Waals surface area (Å²) in [6, 6.07) is 19.3. The molecule has 2 heterocycles. The molecule has 0 atom stereocenters. The van der Waals surface area contributed by atoms with Gasteiger partial charge in [0, 0.05) is 32.2 Å². The minimum atomic E-state index is -3.51. The zero-order chi connectivity index (χ0) is 20.4. The molecule has 0 spiro atoms. The molecule has 4 rings (SSSR count). The van der Waals surface area contributed by atoms with Gasteiger partial charge in [-0.05, 0) is 37.3 Å². The summed E-state index contributed by atoms with van der Waals surface area (Å²) in [5, 5.41) is 4.48.